The number of aromatic amines is 1. The molecule has 5 heterocycles. The van der Waals surface area contributed by atoms with E-state index in [1.54, 1.807) is 7.11 Å². The fourth-order valence-corrected chi connectivity index (χ4v) is 9.49. The molecule has 7 rings (SSSR count). The van der Waals surface area contributed by atoms with Crippen LogP contribution in [0.3, 0.4) is 0 Å². The van der Waals surface area contributed by atoms with Crippen molar-refractivity contribution in [3.63, 3.8) is 0 Å². The third kappa shape index (κ3) is 9.73. The summed E-state index contributed by atoms with van der Waals surface area (Å²) in [5.41, 5.74) is 7.06. The van der Waals surface area contributed by atoms with Crippen molar-refractivity contribution in [3.8, 4) is 22.4 Å². The number of ether oxygens (including phenoxy) is 4. The first-order chi connectivity index (χ1) is 30.0. The molecule has 0 spiro atoms. The average Bonchev–Trinajstić information content (AvgIpc) is 4.14. The number of methoxy groups -OCH3 is 3. The molecule has 0 unspecified atom stereocenters. The number of alkyl carbamates (subject to hydrolysis) is 2. The van der Waals surface area contributed by atoms with Crippen LogP contribution in [0.1, 0.15) is 83.1 Å². The van der Waals surface area contributed by atoms with Gasteiger partial charge in [0.2, 0.25) is 11.8 Å². The molecular weight excluding hydrogens is 791 g/mol. The molecular formula is C47H61N7O8. The lowest BCUT2D eigenvalue weighted by molar-refractivity contribution is -0.137. The summed E-state index contributed by atoms with van der Waals surface area (Å²) in [6.07, 6.45) is 7.55. The van der Waals surface area contributed by atoms with E-state index in [1.165, 1.54) is 14.2 Å². The largest absolute Gasteiger partial charge is 0.453 e. The molecule has 0 saturated carbocycles. The number of amides is 4. The van der Waals surface area contributed by atoms with E-state index in [0.717, 1.165) is 70.7 Å². The third-order valence-corrected chi connectivity index (χ3v) is 13.2. The van der Waals surface area contributed by atoms with Gasteiger partial charge in [-0.25, -0.2) is 14.6 Å². The topological polar surface area (TPSA) is 177 Å². The molecule has 332 valence electrons. The lowest BCUT2D eigenvalue weighted by Crippen LogP contribution is -2.55. The van der Waals surface area contributed by atoms with E-state index in [2.05, 4.69) is 64.1 Å². The van der Waals surface area contributed by atoms with Crippen molar-refractivity contribution in [2.24, 2.45) is 22.7 Å². The number of hydrogen-bond acceptors (Lipinski definition) is 10. The lowest BCUT2D eigenvalue weighted by Gasteiger charge is -2.34. The summed E-state index contributed by atoms with van der Waals surface area (Å²) in [6.45, 7) is 8.16. The van der Waals surface area contributed by atoms with Crippen LogP contribution in [0.2, 0.25) is 0 Å². The predicted molar refractivity (Wildman–Crippen MR) is 235 cm³/mol. The molecule has 1 aromatic heterocycles. The Morgan fingerprint density at radius 1 is 0.855 bits per heavy atom. The van der Waals surface area contributed by atoms with Crippen molar-refractivity contribution in [2.45, 2.75) is 95.9 Å². The van der Waals surface area contributed by atoms with E-state index in [-0.39, 0.29) is 47.7 Å². The highest BCUT2D eigenvalue weighted by molar-refractivity contribution is 6.04. The van der Waals surface area contributed by atoms with Crippen molar-refractivity contribution in [2.75, 3.05) is 47.7 Å². The van der Waals surface area contributed by atoms with E-state index < -0.39 is 24.3 Å². The first-order valence-electron chi connectivity index (χ1n) is 21.9. The maximum Gasteiger partial charge on any atom is 0.407 e. The summed E-state index contributed by atoms with van der Waals surface area (Å²) in [6, 6.07) is 14.9. The van der Waals surface area contributed by atoms with Crippen LogP contribution in [0.5, 0.6) is 0 Å². The van der Waals surface area contributed by atoms with Crippen molar-refractivity contribution in [3.05, 3.63) is 72.3 Å². The van der Waals surface area contributed by atoms with Gasteiger partial charge >= 0.3 is 12.2 Å². The quantitative estimate of drug-likeness (QED) is 0.158. The molecule has 15 nitrogen and oxygen atoms in total. The summed E-state index contributed by atoms with van der Waals surface area (Å²) < 4.78 is 20.8. The smallest absolute Gasteiger partial charge is 0.407 e. The molecule has 7 atom stereocenters. The lowest BCUT2D eigenvalue weighted by atomic mass is 9.90. The Labute approximate surface area is 364 Å². The zero-order chi connectivity index (χ0) is 43.9. The van der Waals surface area contributed by atoms with Crippen LogP contribution < -0.4 is 10.6 Å². The summed E-state index contributed by atoms with van der Waals surface area (Å²) in [4.78, 5) is 69.7. The van der Waals surface area contributed by atoms with Gasteiger partial charge in [0, 0.05) is 57.2 Å². The van der Waals surface area contributed by atoms with Gasteiger partial charge < -0.3 is 44.4 Å². The van der Waals surface area contributed by atoms with Crippen molar-refractivity contribution in [1.82, 2.24) is 30.4 Å². The van der Waals surface area contributed by atoms with E-state index in [0.29, 0.717) is 45.6 Å². The molecule has 0 radical (unpaired) electrons. The molecule has 3 fully saturated rings. The van der Waals surface area contributed by atoms with Crippen molar-refractivity contribution in [1.29, 1.82) is 0 Å². The number of aromatic nitrogens is 2. The highest BCUT2D eigenvalue weighted by Gasteiger charge is 2.44. The Morgan fingerprint density at radius 2 is 1.50 bits per heavy atom. The Hall–Kier alpha value is -5.54. The van der Waals surface area contributed by atoms with Crippen molar-refractivity contribution < 1.29 is 38.1 Å². The van der Waals surface area contributed by atoms with Crippen LogP contribution in [0.25, 0.3) is 28.0 Å². The molecule has 4 amide bonds. The standard InChI is InChI=1S/C47H61N7O8/c1-7-28(2)41(51-46(57)60-5)45(56)54-29(3)8-17-39(54)43-49-25-38(50-43)34-15-13-32(14-16-34)31-9-11-33(12-10-31)36-23-37(48-24-36)40-22-30(27-59-4)26-53(40)44(55)42(52-47(58)61-6)35-18-20-62-21-19-35/h9-16,24-25,28-30,35,39-42H,7-8,17-23,26-27H2,1-6H3,(H,49,50)(H,51,57)(H,52,58)/t28-,29-,30-,39-,40-,41-,42-/m0/s1. The van der Waals surface area contributed by atoms with Gasteiger partial charge in [0.15, 0.2) is 0 Å². The number of benzene rings is 2. The Bertz CT molecular complexity index is 2110. The summed E-state index contributed by atoms with van der Waals surface area (Å²) in [5, 5.41) is 5.62. The zero-order valence-corrected chi connectivity index (χ0v) is 36.7. The number of aliphatic imine (C=N–C) groups is 1. The first kappa shape index (κ1) is 44.5. The highest BCUT2D eigenvalue weighted by atomic mass is 16.5. The Kier molecular flexibility index (Phi) is 14.4. The molecule has 2 aromatic carbocycles. The van der Waals surface area contributed by atoms with E-state index in [1.807, 2.05) is 43.0 Å². The number of allylic oxidation sites excluding steroid dienone is 1. The number of carbonyl (C=O) groups excluding carboxylic acids is 4. The summed E-state index contributed by atoms with van der Waals surface area (Å²) in [5.74, 6) is 0.517. The van der Waals surface area contributed by atoms with Gasteiger partial charge in [0.25, 0.3) is 0 Å². The summed E-state index contributed by atoms with van der Waals surface area (Å²) in [7, 11) is 4.29. The average molecular weight is 852 g/mol. The predicted octanol–water partition coefficient (Wildman–Crippen LogP) is 6.77. The molecule has 62 heavy (non-hydrogen) atoms. The minimum absolute atomic E-state index is 0.00189. The number of imidazole rings is 1. The van der Waals surface area contributed by atoms with Gasteiger partial charge in [-0.2, -0.15) is 0 Å². The number of likely N-dealkylation sites (tertiary alicyclic amines) is 2. The molecule has 4 aliphatic rings. The number of rotatable bonds is 14. The first-order valence-corrected chi connectivity index (χ1v) is 21.9. The van der Waals surface area contributed by atoms with Gasteiger partial charge in [0.1, 0.15) is 17.9 Å². The van der Waals surface area contributed by atoms with Crippen LogP contribution in [-0.4, -0.2) is 121 Å². The molecule has 3 aromatic rings. The van der Waals surface area contributed by atoms with Gasteiger partial charge in [-0.1, -0.05) is 68.8 Å². The molecule has 0 bridgehead atoms. The van der Waals surface area contributed by atoms with Gasteiger partial charge in [-0.05, 0) is 78.7 Å². The van der Waals surface area contributed by atoms with Gasteiger partial charge in [-0.3, -0.25) is 14.6 Å². The maximum absolute atomic E-state index is 14.3. The summed E-state index contributed by atoms with van der Waals surface area (Å²) >= 11 is 0. The monoisotopic (exact) mass is 851 g/mol. The number of nitrogens with zero attached hydrogens (tertiary/aromatic N) is 4. The van der Waals surface area contributed by atoms with Crippen LogP contribution in [0.15, 0.2) is 65.9 Å². The fourth-order valence-electron chi connectivity index (χ4n) is 9.49. The zero-order valence-electron chi connectivity index (χ0n) is 36.7. The third-order valence-electron chi connectivity index (χ3n) is 13.2. The number of hydrogen-bond donors (Lipinski definition) is 3. The molecule has 15 heteroatoms. The maximum atomic E-state index is 14.3. The van der Waals surface area contributed by atoms with E-state index in [9.17, 15) is 19.2 Å². The normalized spacial score (nSPS) is 23.0. The Balaban J connectivity index is 0.999. The molecule has 4 aliphatic heterocycles. The van der Waals surface area contributed by atoms with E-state index >= 15 is 0 Å². The van der Waals surface area contributed by atoms with Crippen molar-refractivity contribution >= 4 is 35.3 Å². The number of H-pyrrole nitrogens is 1. The van der Waals surface area contributed by atoms with Gasteiger partial charge in [0.05, 0.1) is 44.8 Å². The second-order valence-corrected chi connectivity index (χ2v) is 17.1. The molecule has 3 saturated heterocycles. The SMILES string of the molecule is CC[C@H](C)[C@H](NC(=O)OC)C(=O)N1[C@@H](C)CC[C@H]1c1ncc(-c2ccc(-c3ccc(C4=CN=C([C@@H]5C[C@H](COC)CN5C(=O)[C@@H](NC(=O)OC)C5CCOCC5)C4)cc3)cc2)[nH]1. The van der Waals surface area contributed by atoms with E-state index in [4.69, 9.17) is 28.9 Å². The second kappa shape index (κ2) is 20.1. The highest BCUT2D eigenvalue weighted by Crippen LogP contribution is 2.38. The van der Waals surface area contributed by atoms with Crippen LogP contribution in [-0.2, 0) is 28.5 Å². The number of carbonyl (C=O) groups is 4. The van der Waals surface area contributed by atoms with Crippen LogP contribution >= 0.6 is 0 Å². The Morgan fingerprint density at radius 3 is 2.15 bits per heavy atom. The fraction of sp³-hybridized carbons (Fsp3) is 0.532. The van der Waals surface area contributed by atoms with Crippen LogP contribution in [0.4, 0.5) is 9.59 Å². The minimum atomic E-state index is -0.709. The van der Waals surface area contributed by atoms with Gasteiger partial charge in [-0.15, -0.1) is 0 Å². The molecule has 0 aliphatic carbocycles. The van der Waals surface area contributed by atoms with Crippen LogP contribution in [0, 0.1) is 17.8 Å². The minimum Gasteiger partial charge on any atom is -0.453 e. The second-order valence-electron chi connectivity index (χ2n) is 17.1. The molecule has 3 N–H and O–H groups in total. The number of nitrogens with one attached hydrogen (secondary N) is 3.